The third-order valence-electron chi connectivity index (χ3n) is 4.74. The summed E-state index contributed by atoms with van der Waals surface area (Å²) >= 11 is 0. The van der Waals surface area contributed by atoms with Crippen molar-refractivity contribution in [1.82, 2.24) is 15.4 Å². The van der Waals surface area contributed by atoms with Gasteiger partial charge in [-0.25, -0.2) is 13.1 Å². The number of benzene rings is 1. The lowest BCUT2D eigenvalue weighted by Crippen LogP contribution is -2.51. The number of piperidine rings is 1. The quantitative estimate of drug-likeness (QED) is 0.692. The van der Waals surface area contributed by atoms with Gasteiger partial charge in [-0.1, -0.05) is 6.07 Å². The fourth-order valence-corrected chi connectivity index (χ4v) is 4.09. The van der Waals surface area contributed by atoms with Crippen LogP contribution in [0, 0.1) is 5.92 Å². The van der Waals surface area contributed by atoms with Crippen LogP contribution in [0.5, 0.6) is 0 Å². The zero-order chi connectivity index (χ0) is 17.2. The fourth-order valence-electron chi connectivity index (χ4n) is 2.93. The highest BCUT2D eigenvalue weighted by atomic mass is 35.5. The van der Waals surface area contributed by atoms with Gasteiger partial charge >= 0.3 is 0 Å². The van der Waals surface area contributed by atoms with Gasteiger partial charge in [-0.3, -0.25) is 4.79 Å². The van der Waals surface area contributed by atoms with E-state index in [0.717, 1.165) is 32.2 Å². The van der Waals surface area contributed by atoms with E-state index in [2.05, 4.69) is 15.4 Å². The molecule has 2 fully saturated rings. The molecule has 8 heteroatoms. The first-order valence-corrected chi connectivity index (χ1v) is 10.1. The van der Waals surface area contributed by atoms with Gasteiger partial charge in [0.05, 0.1) is 4.90 Å². The molecule has 2 aliphatic rings. The molecule has 3 N–H and O–H groups in total. The van der Waals surface area contributed by atoms with Crippen molar-refractivity contribution >= 4 is 28.3 Å². The van der Waals surface area contributed by atoms with Crippen LogP contribution in [0.3, 0.4) is 0 Å². The minimum absolute atomic E-state index is 0. The number of nitrogens with one attached hydrogen (secondary N) is 3. The molecule has 1 aromatic carbocycles. The zero-order valence-corrected chi connectivity index (χ0v) is 16.0. The molecule has 1 aliphatic heterocycles. The van der Waals surface area contributed by atoms with Crippen LogP contribution in [-0.4, -0.2) is 39.5 Å². The maximum atomic E-state index is 12.5. The van der Waals surface area contributed by atoms with Crippen molar-refractivity contribution in [2.75, 3.05) is 13.1 Å². The fraction of sp³-hybridized carbons (Fsp3) is 0.588. The minimum atomic E-state index is -3.56. The van der Waals surface area contributed by atoms with Gasteiger partial charge in [0.25, 0.3) is 5.91 Å². The van der Waals surface area contributed by atoms with Crippen LogP contribution in [0.25, 0.3) is 0 Å². The Labute approximate surface area is 155 Å². The van der Waals surface area contributed by atoms with Crippen LogP contribution < -0.4 is 15.4 Å². The Morgan fingerprint density at radius 1 is 1.28 bits per heavy atom. The highest BCUT2D eigenvalue weighted by Gasteiger charge is 2.26. The topological polar surface area (TPSA) is 87.3 Å². The van der Waals surface area contributed by atoms with Gasteiger partial charge in [-0.2, -0.15) is 0 Å². The van der Waals surface area contributed by atoms with Crippen molar-refractivity contribution in [3.63, 3.8) is 0 Å². The van der Waals surface area contributed by atoms with E-state index in [9.17, 15) is 13.2 Å². The molecule has 25 heavy (non-hydrogen) atoms. The molecule has 1 aromatic rings. The Kier molecular flexibility index (Phi) is 6.85. The maximum Gasteiger partial charge on any atom is 0.251 e. The lowest BCUT2D eigenvalue weighted by Gasteiger charge is -2.30. The Morgan fingerprint density at radius 2 is 2.04 bits per heavy atom. The molecule has 1 saturated carbocycles. The third kappa shape index (κ3) is 5.41. The summed E-state index contributed by atoms with van der Waals surface area (Å²) in [5, 5.41) is 6.34. The van der Waals surface area contributed by atoms with Crippen molar-refractivity contribution in [2.45, 2.75) is 49.6 Å². The Bertz CT molecular complexity index is 707. The van der Waals surface area contributed by atoms with Crippen molar-refractivity contribution in [3.05, 3.63) is 29.8 Å². The SMILES string of the molecule is CC1NCCCC1NC(=O)c1cccc(S(=O)(=O)NCC2CC2)c1.Cl. The summed E-state index contributed by atoms with van der Waals surface area (Å²) in [5.74, 6) is 0.237. The monoisotopic (exact) mass is 387 g/mol. The summed E-state index contributed by atoms with van der Waals surface area (Å²) in [7, 11) is -3.56. The van der Waals surface area contributed by atoms with E-state index in [1.807, 2.05) is 6.92 Å². The van der Waals surface area contributed by atoms with Gasteiger partial charge in [0.1, 0.15) is 0 Å². The highest BCUT2D eigenvalue weighted by Crippen LogP contribution is 2.28. The van der Waals surface area contributed by atoms with E-state index in [-0.39, 0.29) is 35.3 Å². The molecule has 0 radical (unpaired) electrons. The Balaban J connectivity index is 0.00000225. The van der Waals surface area contributed by atoms with Crippen molar-refractivity contribution in [2.24, 2.45) is 5.92 Å². The number of halogens is 1. The molecular formula is C17H26ClN3O3S. The second kappa shape index (κ2) is 8.49. The molecule has 2 atom stereocenters. The van der Waals surface area contributed by atoms with E-state index >= 15 is 0 Å². The maximum absolute atomic E-state index is 12.5. The van der Waals surface area contributed by atoms with Crippen LogP contribution in [-0.2, 0) is 10.0 Å². The second-order valence-electron chi connectivity index (χ2n) is 6.79. The molecule has 1 amide bonds. The van der Waals surface area contributed by atoms with Crippen molar-refractivity contribution in [1.29, 1.82) is 0 Å². The van der Waals surface area contributed by atoms with Gasteiger partial charge in [-0.05, 0) is 63.3 Å². The summed E-state index contributed by atoms with van der Waals surface area (Å²) < 4.78 is 27.3. The molecule has 1 heterocycles. The molecule has 1 saturated heterocycles. The number of carbonyl (C=O) groups excluding carboxylic acids is 1. The van der Waals surface area contributed by atoms with Gasteiger partial charge in [0.2, 0.25) is 10.0 Å². The average molecular weight is 388 g/mol. The summed E-state index contributed by atoms with van der Waals surface area (Å²) in [6, 6.07) is 6.52. The molecule has 3 rings (SSSR count). The van der Waals surface area contributed by atoms with E-state index in [1.165, 1.54) is 12.1 Å². The number of hydrogen-bond acceptors (Lipinski definition) is 4. The van der Waals surface area contributed by atoms with E-state index in [1.54, 1.807) is 12.1 Å². The smallest absolute Gasteiger partial charge is 0.251 e. The van der Waals surface area contributed by atoms with Gasteiger partial charge < -0.3 is 10.6 Å². The van der Waals surface area contributed by atoms with E-state index in [4.69, 9.17) is 0 Å². The summed E-state index contributed by atoms with van der Waals surface area (Å²) in [6.07, 6.45) is 4.12. The van der Waals surface area contributed by atoms with Crippen LogP contribution >= 0.6 is 12.4 Å². The molecule has 0 bridgehead atoms. The normalized spacial score (nSPS) is 23.6. The lowest BCUT2D eigenvalue weighted by molar-refractivity contribution is 0.0919. The standard InChI is InChI=1S/C17H25N3O3S.ClH/c1-12-16(6-3-9-18-12)20-17(21)14-4-2-5-15(10-14)24(22,23)19-11-13-7-8-13;/h2,4-5,10,12-13,16,18-19H,3,6-9,11H2,1H3,(H,20,21);1H. The van der Waals surface area contributed by atoms with Crippen molar-refractivity contribution in [3.8, 4) is 0 Å². The highest BCUT2D eigenvalue weighted by molar-refractivity contribution is 7.89. The predicted molar refractivity (Wildman–Crippen MR) is 99.6 cm³/mol. The Morgan fingerprint density at radius 3 is 2.72 bits per heavy atom. The summed E-state index contributed by atoms with van der Waals surface area (Å²) in [4.78, 5) is 12.6. The first-order valence-electron chi connectivity index (χ1n) is 8.60. The van der Waals surface area contributed by atoms with Gasteiger partial charge in [-0.15, -0.1) is 12.4 Å². The number of rotatable bonds is 6. The Hall–Kier alpha value is -1.15. The molecule has 2 unspecified atom stereocenters. The lowest BCUT2D eigenvalue weighted by atomic mass is 9.99. The summed E-state index contributed by atoms with van der Waals surface area (Å²) in [6.45, 7) is 3.49. The average Bonchev–Trinajstić information content (AvgIpc) is 3.40. The number of sulfonamides is 1. The molecule has 0 spiro atoms. The minimum Gasteiger partial charge on any atom is -0.348 e. The number of amides is 1. The molecular weight excluding hydrogens is 362 g/mol. The second-order valence-corrected chi connectivity index (χ2v) is 8.56. The predicted octanol–water partition coefficient (Wildman–Crippen LogP) is 1.67. The number of hydrogen-bond donors (Lipinski definition) is 3. The molecule has 1 aliphatic carbocycles. The zero-order valence-electron chi connectivity index (χ0n) is 14.3. The molecule has 140 valence electrons. The molecule has 0 aromatic heterocycles. The van der Waals surface area contributed by atoms with Gasteiger partial charge in [0, 0.05) is 24.2 Å². The largest absolute Gasteiger partial charge is 0.348 e. The van der Waals surface area contributed by atoms with Crippen LogP contribution in [0.2, 0.25) is 0 Å². The first-order chi connectivity index (χ1) is 11.5. The number of carbonyl (C=O) groups is 1. The van der Waals surface area contributed by atoms with E-state index < -0.39 is 10.0 Å². The van der Waals surface area contributed by atoms with Gasteiger partial charge in [0.15, 0.2) is 0 Å². The van der Waals surface area contributed by atoms with E-state index in [0.29, 0.717) is 18.0 Å². The molecule has 6 nitrogen and oxygen atoms in total. The van der Waals surface area contributed by atoms with Crippen LogP contribution in [0.15, 0.2) is 29.2 Å². The van der Waals surface area contributed by atoms with Crippen molar-refractivity contribution < 1.29 is 13.2 Å². The summed E-state index contributed by atoms with van der Waals surface area (Å²) in [5.41, 5.74) is 0.377. The third-order valence-corrected chi connectivity index (χ3v) is 6.16. The first kappa shape index (κ1) is 20.2. The van der Waals surface area contributed by atoms with Crippen LogP contribution in [0.4, 0.5) is 0 Å². The van der Waals surface area contributed by atoms with Crippen LogP contribution in [0.1, 0.15) is 43.0 Å².